The van der Waals surface area contributed by atoms with Crippen LogP contribution in [0.3, 0.4) is 0 Å². The quantitative estimate of drug-likeness (QED) is 0.575. The Morgan fingerprint density at radius 1 is 1.14 bits per heavy atom. The van der Waals surface area contributed by atoms with Crippen LogP contribution in [0.2, 0.25) is 0 Å². The van der Waals surface area contributed by atoms with Crippen LogP contribution in [0.1, 0.15) is 24.4 Å². The topological polar surface area (TPSA) is 68.5 Å². The summed E-state index contributed by atoms with van der Waals surface area (Å²) >= 11 is 0. The van der Waals surface area contributed by atoms with Gasteiger partial charge in [0.1, 0.15) is 6.04 Å². The Morgan fingerprint density at radius 3 is 2.57 bits per heavy atom. The summed E-state index contributed by atoms with van der Waals surface area (Å²) in [4.78, 5) is 14.0. The van der Waals surface area contributed by atoms with Crippen molar-refractivity contribution in [3.05, 3.63) is 71.6 Å². The molecule has 0 aliphatic carbocycles. The van der Waals surface area contributed by atoms with Crippen molar-refractivity contribution in [2.45, 2.75) is 19.5 Å². The Labute approximate surface area is 160 Å². The molecular formula is C20H19F2N3O3. The van der Waals surface area contributed by atoms with Crippen molar-refractivity contribution in [1.29, 1.82) is 0 Å². The fourth-order valence-electron chi connectivity index (χ4n) is 2.79. The van der Waals surface area contributed by atoms with Crippen molar-refractivity contribution in [3.63, 3.8) is 0 Å². The maximum absolute atomic E-state index is 13.7. The average Bonchev–Trinajstić information content (AvgIpc) is 3.14. The van der Waals surface area contributed by atoms with Gasteiger partial charge in [-0.05, 0) is 43.8 Å². The van der Waals surface area contributed by atoms with Crippen molar-refractivity contribution < 1.29 is 22.7 Å². The Balaban J connectivity index is 1.83. The number of carbonyl (C=O) groups excluding carboxylic acids is 1. The Morgan fingerprint density at radius 2 is 1.89 bits per heavy atom. The minimum atomic E-state index is -1.04. The average molecular weight is 387 g/mol. The highest BCUT2D eigenvalue weighted by molar-refractivity contribution is 5.77. The zero-order valence-corrected chi connectivity index (χ0v) is 15.4. The summed E-state index contributed by atoms with van der Waals surface area (Å²) in [5.74, 6) is -1.98. The molecule has 3 aromatic rings. The SMILES string of the molecule is CCOC(=O)[C@@H](c1ccc(F)c(F)c1)N(C)Cc1nnc(-c2ccccc2)o1. The summed E-state index contributed by atoms with van der Waals surface area (Å²) in [6.07, 6.45) is 0. The Hall–Kier alpha value is -3.13. The summed E-state index contributed by atoms with van der Waals surface area (Å²) in [5.41, 5.74) is 1.04. The first kappa shape index (κ1) is 19.6. The smallest absolute Gasteiger partial charge is 0.328 e. The van der Waals surface area contributed by atoms with Crippen LogP contribution in [-0.2, 0) is 16.1 Å². The normalized spacial score (nSPS) is 12.2. The largest absolute Gasteiger partial charge is 0.465 e. The number of halogens is 2. The molecule has 0 aliphatic heterocycles. The van der Waals surface area contributed by atoms with E-state index < -0.39 is 23.6 Å². The molecule has 0 spiro atoms. The number of hydrogen-bond acceptors (Lipinski definition) is 6. The predicted molar refractivity (Wildman–Crippen MR) is 96.9 cm³/mol. The van der Waals surface area contributed by atoms with Crippen LogP contribution in [-0.4, -0.2) is 34.7 Å². The molecule has 0 N–H and O–H groups in total. The van der Waals surface area contributed by atoms with Crippen molar-refractivity contribution in [1.82, 2.24) is 15.1 Å². The van der Waals surface area contributed by atoms with E-state index >= 15 is 0 Å². The first-order valence-corrected chi connectivity index (χ1v) is 8.69. The van der Waals surface area contributed by atoms with Gasteiger partial charge in [0.25, 0.3) is 0 Å². The van der Waals surface area contributed by atoms with Gasteiger partial charge in [-0.2, -0.15) is 0 Å². The Kier molecular flexibility index (Phi) is 6.10. The molecule has 1 aromatic heterocycles. The molecule has 8 heteroatoms. The molecule has 0 unspecified atom stereocenters. The van der Waals surface area contributed by atoms with E-state index in [-0.39, 0.29) is 24.6 Å². The summed E-state index contributed by atoms with van der Waals surface area (Å²) < 4.78 is 37.7. The monoisotopic (exact) mass is 387 g/mol. The number of carbonyl (C=O) groups is 1. The highest BCUT2D eigenvalue weighted by Gasteiger charge is 2.29. The lowest BCUT2D eigenvalue weighted by Crippen LogP contribution is -2.32. The minimum Gasteiger partial charge on any atom is -0.465 e. The third kappa shape index (κ3) is 4.40. The molecule has 146 valence electrons. The molecule has 0 saturated carbocycles. The van der Waals surface area contributed by atoms with E-state index in [0.29, 0.717) is 5.89 Å². The van der Waals surface area contributed by atoms with Crippen LogP contribution in [0.15, 0.2) is 52.9 Å². The summed E-state index contributed by atoms with van der Waals surface area (Å²) in [5, 5.41) is 8.01. The van der Waals surface area contributed by atoms with Gasteiger partial charge in [0.05, 0.1) is 13.2 Å². The third-order valence-electron chi connectivity index (χ3n) is 4.08. The fourth-order valence-corrected chi connectivity index (χ4v) is 2.79. The molecule has 28 heavy (non-hydrogen) atoms. The Bertz CT molecular complexity index is 947. The van der Waals surface area contributed by atoms with Crippen LogP contribution in [0, 0.1) is 11.6 Å². The van der Waals surface area contributed by atoms with E-state index in [9.17, 15) is 13.6 Å². The van der Waals surface area contributed by atoms with Crippen LogP contribution in [0.4, 0.5) is 8.78 Å². The lowest BCUT2D eigenvalue weighted by atomic mass is 10.1. The zero-order chi connectivity index (χ0) is 20.1. The van der Waals surface area contributed by atoms with Gasteiger partial charge in [-0.15, -0.1) is 10.2 Å². The first-order chi connectivity index (χ1) is 13.5. The molecule has 1 atom stereocenters. The second-order valence-corrected chi connectivity index (χ2v) is 6.11. The lowest BCUT2D eigenvalue weighted by molar-refractivity contribution is -0.149. The molecule has 0 saturated heterocycles. The number of esters is 1. The molecule has 0 radical (unpaired) electrons. The van der Waals surface area contributed by atoms with Gasteiger partial charge in [-0.25, -0.2) is 13.6 Å². The van der Waals surface area contributed by atoms with Crippen LogP contribution < -0.4 is 0 Å². The number of rotatable bonds is 7. The lowest BCUT2D eigenvalue weighted by Gasteiger charge is -2.25. The number of aromatic nitrogens is 2. The van der Waals surface area contributed by atoms with E-state index in [1.54, 1.807) is 18.9 Å². The standard InChI is InChI=1S/C20H19F2N3O3/c1-3-27-20(26)18(14-9-10-15(21)16(22)11-14)25(2)12-17-23-24-19(28-17)13-7-5-4-6-8-13/h4-11,18H,3,12H2,1-2H3/t18-/m1/s1. The predicted octanol–water partition coefficient (Wildman–Crippen LogP) is 3.75. The highest BCUT2D eigenvalue weighted by Crippen LogP contribution is 2.25. The molecule has 0 amide bonds. The van der Waals surface area contributed by atoms with Gasteiger partial charge < -0.3 is 9.15 Å². The molecule has 6 nitrogen and oxygen atoms in total. The van der Waals surface area contributed by atoms with Crippen molar-refractivity contribution in [2.75, 3.05) is 13.7 Å². The summed E-state index contributed by atoms with van der Waals surface area (Å²) in [6.45, 7) is 1.94. The molecule has 2 aromatic carbocycles. The fraction of sp³-hybridized carbons (Fsp3) is 0.250. The van der Waals surface area contributed by atoms with Crippen LogP contribution in [0.25, 0.3) is 11.5 Å². The first-order valence-electron chi connectivity index (χ1n) is 8.69. The highest BCUT2D eigenvalue weighted by atomic mass is 19.2. The molecule has 1 heterocycles. The van der Waals surface area contributed by atoms with Crippen LogP contribution in [0.5, 0.6) is 0 Å². The zero-order valence-electron chi connectivity index (χ0n) is 15.4. The molecule has 0 aliphatic rings. The maximum atomic E-state index is 13.7. The number of benzene rings is 2. The van der Waals surface area contributed by atoms with Gasteiger partial charge >= 0.3 is 5.97 Å². The molecule has 0 bridgehead atoms. The third-order valence-corrected chi connectivity index (χ3v) is 4.08. The van der Waals surface area contributed by atoms with E-state index in [1.807, 2.05) is 30.3 Å². The van der Waals surface area contributed by atoms with Crippen molar-refractivity contribution >= 4 is 5.97 Å². The van der Waals surface area contributed by atoms with Gasteiger partial charge in [-0.3, -0.25) is 4.90 Å². The number of likely N-dealkylation sites (N-methyl/N-ethyl adjacent to an activating group) is 1. The van der Waals surface area contributed by atoms with Gasteiger partial charge in [-0.1, -0.05) is 24.3 Å². The number of nitrogens with zero attached hydrogens (tertiary/aromatic N) is 3. The van der Waals surface area contributed by atoms with Gasteiger partial charge in [0, 0.05) is 5.56 Å². The number of ether oxygens (including phenoxy) is 1. The summed E-state index contributed by atoms with van der Waals surface area (Å²) in [6, 6.07) is 11.6. The van der Waals surface area contributed by atoms with E-state index in [4.69, 9.17) is 9.15 Å². The van der Waals surface area contributed by atoms with Gasteiger partial charge in [0.15, 0.2) is 11.6 Å². The number of hydrogen-bond donors (Lipinski definition) is 0. The molecule has 3 rings (SSSR count). The second-order valence-electron chi connectivity index (χ2n) is 6.11. The van der Waals surface area contributed by atoms with E-state index in [0.717, 1.165) is 17.7 Å². The summed E-state index contributed by atoms with van der Waals surface area (Å²) in [7, 11) is 1.63. The molecule has 0 fully saturated rings. The van der Waals surface area contributed by atoms with Gasteiger partial charge in [0.2, 0.25) is 11.8 Å². The second kappa shape index (κ2) is 8.71. The van der Waals surface area contributed by atoms with Crippen molar-refractivity contribution in [3.8, 4) is 11.5 Å². The maximum Gasteiger partial charge on any atom is 0.328 e. The van der Waals surface area contributed by atoms with E-state index in [2.05, 4.69) is 10.2 Å². The van der Waals surface area contributed by atoms with Crippen molar-refractivity contribution in [2.24, 2.45) is 0 Å². The van der Waals surface area contributed by atoms with E-state index in [1.165, 1.54) is 6.07 Å². The molecular weight excluding hydrogens is 368 g/mol. The minimum absolute atomic E-state index is 0.113. The van der Waals surface area contributed by atoms with Crippen LogP contribution >= 0.6 is 0 Å².